The van der Waals surface area contributed by atoms with E-state index in [0.717, 1.165) is 30.6 Å². The van der Waals surface area contributed by atoms with E-state index in [1.54, 1.807) is 18.4 Å². The number of aliphatic hydroxyl groups is 1. The molecule has 0 radical (unpaired) electrons. The second-order valence-electron chi connectivity index (χ2n) is 6.04. The molecule has 1 atom stereocenters. The molecule has 1 aliphatic rings. The van der Waals surface area contributed by atoms with E-state index in [4.69, 9.17) is 4.74 Å². The standard InChI is InChI=1S/C19H23NO3S/c1-23-17-14-9-5-6-10-16(14)24-18(17)19(22)20-12-11-15(21)13-7-3-2-4-8-13/h2-4,7-8,15,21H,5-6,9-12H2,1H3,(H,20,22). The minimum absolute atomic E-state index is 0.105. The van der Waals surface area contributed by atoms with E-state index in [2.05, 4.69) is 5.32 Å². The van der Waals surface area contributed by atoms with Gasteiger partial charge >= 0.3 is 0 Å². The second-order valence-corrected chi connectivity index (χ2v) is 7.15. The van der Waals surface area contributed by atoms with Crippen LogP contribution < -0.4 is 10.1 Å². The van der Waals surface area contributed by atoms with Gasteiger partial charge in [-0.15, -0.1) is 11.3 Å². The first-order valence-corrected chi connectivity index (χ1v) is 9.22. The summed E-state index contributed by atoms with van der Waals surface area (Å²) in [6.07, 6.45) is 4.30. The zero-order chi connectivity index (χ0) is 16.9. The number of carbonyl (C=O) groups excluding carboxylic acids is 1. The Morgan fingerprint density at radius 3 is 2.79 bits per heavy atom. The molecule has 2 N–H and O–H groups in total. The predicted octanol–water partition coefficient (Wildman–Crippen LogP) is 3.49. The smallest absolute Gasteiger partial charge is 0.265 e. The Labute approximate surface area is 146 Å². The van der Waals surface area contributed by atoms with E-state index in [9.17, 15) is 9.90 Å². The number of fused-ring (bicyclic) bond motifs is 1. The molecule has 0 saturated heterocycles. The first kappa shape index (κ1) is 17.0. The zero-order valence-corrected chi connectivity index (χ0v) is 14.7. The molecule has 0 saturated carbocycles. The van der Waals surface area contributed by atoms with Gasteiger partial charge in [0.2, 0.25) is 0 Å². The molecule has 1 heterocycles. The number of hydrogen-bond acceptors (Lipinski definition) is 4. The van der Waals surface area contributed by atoms with Crippen molar-refractivity contribution in [2.24, 2.45) is 0 Å². The summed E-state index contributed by atoms with van der Waals surface area (Å²) in [7, 11) is 1.63. The molecule has 128 valence electrons. The number of aliphatic hydroxyl groups excluding tert-OH is 1. The van der Waals surface area contributed by atoms with Crippen LogP contribution in [0.5, 0.6) is 5.75 Å². The van der Waals surface area contributed by atoms with Crippen LogP contribution in [0.4, 0.5) is 0 Å². The molecule has 0 spiro atoms. The number of thiophene rings is 1. The number of hydrogen-bond donors (Lipinski definition) is 2. The third-order valence-corrected chi connectivity index (χ3v) is 5.69. The van der Waals surface area contributed by atoms with Gasteiger partial charge in [-0.1, -0.05) is 30.3 Å². The molecule has 3 rings (SSSR count). The summed E-state index contributed by atoms with van der Waals surface area (Å²) in [4.78, 5) is 14.4. The van der Waals surface area contributed by atoms with Crippen molar-refractivity contribution in [3.05, 3.63) is 51.2 Å². The van der Waals surface area contributed by atoms with Gasteiger partial charge in [-0.05, 0) is 37.7 Å². The Hall–Kier alpha value is -1.85. The van der Waals surface area contributed by atoms with Gasteiger partial charge in [0, 0.05) is 17.0 Å². The average Bonchev–Trinajstić information content (AvgIpc) is 3.01. The number of amides is 1. The van der Waals surface area contributed by atoms with Crippen molar-refractivity contribution in [2.75, 3.05) is 13.7 Å². The highest BCUT2D eigenvalue weighted by Gasteiger charge is 2.25. The third kappa shape index (κ3) is 3.62. The van der Waals surface area contributed by atoms with Gasteiger partial charge in [0.1, 0.15) is 10.6 Å². The van der Waals surface area contributed by atoms with Crippen LogP contribution in [0.3, 0.4) is 0 Å². The minimum atomic E-state index is -0.565. The number of carbonyl (C=O) groups is 1. The first-order valence-electron chi connectivity index (χ1n) is 8.40. The highest BCUT2D eigenvalue weighted by Crippen LogP contribution is 2.39. The first-order chi connectivity index (χ1) is 11.7. The maximum atomic E-state index is 12.5. The predicted molar refractivity (Wildman–Crippen MR) is 95.9 cm³/mol. The molecule has 2 aromatic rings. The van der Waals surface area contributed by atoms with Gasteiger partial charge in [0.25, 0.3) is 5.91 Å². The second kappa shape index (κ2) is 7.81. The molecular formula is C19H23NO3S. The van der Waals surface area contributed by atoms with Crippen LogP contribution >= 0.6 is 11.3 Å². The summed E-state index contributed by atoms with van der Waals surface area (Å²) >= 11 is 1.55. The topological polar surface area (TPSA) is 58.6 Å². The lowest BCUT2D eigenvalue weighted by Gasteiger charge is -2.12. The van der Waals surface area contributed by atoms with E-state index in [1.807, 2.05) is 30.3 Å². The molecule has 5 heteroatoms. The maximum absolute atomic E-state index is 12.5. The summed E-state index contributed by atoms with van der Waals surface area (Å²) in [5.41, 5.74) is 2.08. The molecule has 0 bridgehead atoms. The summed E-state index contributed by atoms with van der Waals surface area (Å²) in [5.74, 6) is 0.641. The monoisotopic (exact) mass is 345 g/mol. The SMILES string of the molecule is COc1c(C(=O)NCCC(O)c2ccccc2)sc2c1CCCC2. The van der Waals surface area contributed by atoms with E-state index >= 15 is 0 Å². The van der Waals surface area contributed by atoms with Crippen LogP contribution in [0.1, 0.15) is 51.0 Å². The van der Waals surface area contributed by atoms with Crippen molar-refractivity contribution >= 4 is 17.2 Å². The largest absolute Gasteiger partial charge is 0.495 e. The van der Waals surface area contributed by atoms with Crippen LogP contribution in [0.2, 0.25) is 0 Å². The van der Waals surface area contributed by atoms with E-state index in [1.165, 1.54) is 16.9 Å². The normalized spacial score (nSPS) is 14.8. The van der Waals surface area contributed by atoms with Crippen molar-refractivity contribution in [1.82, 2.24) is 5.32 Å². The Balaban J connectivity index is 1.60. The molecule has 1 amide bonds. The number of ether oxygens (including phenoxy) is 1. The summed E-state index contributed by atoms with van der Waals surface area (Å²) in [6, 6.07) is 9.50. The van der Waals surface area contributed by atoms with E-state index in [0.29, 0.717) is 17.8 Å². The molecule has 24 heavy (non-hydrogen) atoms. The van der Waals surface area contributed by atoms with Gasteiger partial charge in [0.15, 0.2) is 0 Å². The number of aryl methyl sites for hydroxylation is 1. The molecule has 0 aliphatic heterocycles. The van der Waals surface area contributed by atoms with Crippen molar-refractivity contribution in [1.29, 1.82) is 0 Å². The van der Waals surface area contributed by atoms with Gasteiger partial charge in [-0.25, -0.2) is 0 Å². The number of rotatable bonds is 6. The number of benzene rings is 1. The number of nitrogens with one attached hydrogen (secondary N) is 1. The summed E-state index contributed by atoms with van der Waals surface area (Å²) < 4.78 is 5.50. The zero-order valence-electron chi connectivity index (χ0n) is 13.9. The van der Waals surface area contributed by atoms with Crippen molar-refractivity contribution < 1.29 is 14.6 Å². The van der Waals surface area contributed by atoms with Crippen LogP contribution in [-0.4, -0.2) is 24.7 Å². The van der Waals surface area contributed by atoms with Crippen LogP contribution in [-0.2, 0) is 12.8 Å². The van der Waals surface area contributed by atoms with E-state index < -0.39 is 6.10 Å². The Morgan fingerprint density at radius 1 is 1.29 bits per heavy atom. The quantitative estimate of drug-likeness (QED) is 0.842. The summed E-state index contributed by atoms with van der Waals surface area (Å²) in [6.45, 7) is 0.431. The maximum Gasteiger partial charge on any atom is 0.265 e. The molecule has 4 nitrogen and oxygen atoms in total. The molecule has 0 fully saturated rings. The van der Waals surface area contributed by atoms with Gasteiger partial charge < -0.3 is 15.2 Å². The Morgan fingerprint density at radius 2 is 2.04 bits per heavy atom. The highest BCUT2D eigenvalue weighted by atomic mass is 32.1. The molecule has 1 aromatic carbocycles. The highest BCUT2D eigenvalue weighted by molar-refractivity contribution is 7.14. The molecular weight excluding hydrogens is 322 g/mol. The van der Waals surface area contributed by atoms with E-state index in [-0.39, 0.29) is 5.91 Å². The fourth-order valence-corrected chi connectivity index (χ4v) is 4.42. The van der Waals surface area contributed by atoms with Crippen molar-refractivity contribution in [3.63, 3.8) is 0 Å². The molecule has 1 aromatic heterocycles. The van der Waals surface area contributed by atoms with Crippen LogP contribution in [0.25, 0.3) is 0 Å². The van der Waals surface area contributed by atoms with Gasteiger partial charge in [0.05, 0.1) is 13.2 Å². The third-order valence-electron chi connectivity index (χ3n) is 4.42. The van der Waals surface area contributed by atoms with Crippen molar-refractivity contribution in [2.45, 2.75) is 38.2 Å². The van der Waals surface area contributed by atoms with Crippen LogP contribution in [0.15, 0.2) is 30.3 Å². The molecule has 1 unspecified atom stereocenters. The van der Waals surface area contributed by atoms with Crippen molar-refractivity contribution in [3.8, 4) is 5.75 Å². The number of methoxy groups -OCH3 is 1. The minimum Gasteiger partial charge on any atom is -0.495 e. The molecule has 1 aliphatic carbocycles. The van der Waals surface area contributed by atoms with Gasteiger partial charge in [-0.2, -0.15) is 0 Å². The van der Waals surface area contributed by atoms with Crippen LogP contribution in [0, 0.1) is 0 Å². The average molecular weight is 345 g/mol. The lowest BCUT2D eigenvalue weighted by atomic mass is 9.98. The fraction of sp³-hybridized carbons (Fsp3) is 0.421. The Bertz CT molecular complexity index is 696. The summed E-state index contributed by atoms with van der Waals surface area (Å²) in [5, 5.41) is 13.1. The van der Waals surface area contributed by atoms with Gasteiger partial charge in [-0.3, -0.25) is 4.79 Å². The lowest BCUT2D eigenvalue weighted by Crippen LogP contribution is -2.25. The lowest BCUT2D eigenvalue weighted by molar-refractivity contribution is 0.0944. The fourth-order valence-electron chi connectivity index (χ4n) is 3.15. The Kier molecular flexibility index (Phi) is 5.53.